The summed E-state index contributed by atoms with van der Waals surface area (Å²) in [7, 11) is 0. The van der Waals surface area contributed by atoms with Gasteiger partial charge >= 0.3 is 0 Å². The second-order valence-electron chi connectivity index (χ2n) is 3.63. The maximum Gasteiger partial charge on any atom is 0.218 e. The van der Waals surface area contributed by atoms with Crippen molar-refractivity contribution in [1.29, 1.82) is 0 Å². The summed E-state index contributed by atoms with van der Waals surface area (Å²) in [6, 6.07) is 5.17. The normalized spacial score (nSPS) is 10.2. The number of rotatable bonds is 7. The second kappa shape index (κ2) is 6.75. The lowest BCUT2D eigenvalue weighted by atomic mass is 10.2. The van der Waals surface area contributed by atoms with Crippen molar-refractivity contribution in [3.8, 4) is 11.5 Å². The van der Waals surface area contributed by atoms with E-state index in [1.807, 2.05) is 6.92 Å². The van der Waals surface area contributed by atoms with E-state index in [9.17, 15) is 9.90 Å². The van der Waals surface area contributed by atoms with Gasteiger partial charge in [-0.05, 0) is 24.6 Å². The minimum Gasteiger partial charge on any atom is -0.504 e. The third kappa shape index (κ3) is 4.74. The van der Waals surface area contributed by atoms with Crippen molar-refractivity contribution < 1.29 is 14.6 Å². The Labute approximate surface area is 101 Å². The topological polar surface area (TPSA) is 84.6 Å². The van der Waals surface area contributed by atoms with Crippen LogP contribution in [-0.4, -0.2) is 24.2 Å². The van der Waals surface area contributed by atoms with Crippen LogP contribution >= 0.6 is 0 Å². The summed E-state index contributed by atoms with van der Waals surface area (Å²) in [4.78, 5) is 10.5. The van der Waals surface area contributed by atoms with Crippen molar-refractivity contribution in [1.82, 2.24) is 5.32 Å². The number of hydrogen-bond acceptors (Lipinski definition) is 4. The van der Waals surface area contributed by atoms with Crippen molar-refractivity contribution in [3.63, 3.8) is 0 Å². The minimum absolute atomic E-state index is 0.132. The first-order valence-corrected chi connectivity index (χ1v) is 5.57. The molecule has 0 fully saturated rings. The molecule has 1 amide bonds. The molecule has 0 atom stereocenters. The molecule has 0 saturated carbocycles. The van der Waals surface area contributed by atoms with Gasteiger partial charge in [0.2, 0.25) is 5.91 Å². The highest BCUT2D eigenvalue weighted by atomic mass is 16.5. The molecule has 0 aliphatic rings. The SMILES string of the molecule is CCOc1cc(CNCCC(N)=O)ccc1O. The van der Waals surface area contributed by atoms with Crippen LogP contribution in [0, 0.1) is 0 Å². The fourth-order valence-corrected chi connectivity index (χ4v) is 1.38. The standard InChI is InChI=1S/C12H18N2O3/c1-2-17-11-7-9(3-4-10(11)15)8-14-6-5-12(13)16/h3-4,7,14-15H,2,5-6,8H2,1H3,(H2,13,16). The molecule has 0 aromatic heterocycles. The molecule has 0 spiro atoms. The van der Waals surface area contributed by atoms with E-state index >= 15 is 0 Å². The molecule has 17 heavy (non-hydrogen) atoms. The van der Waals surface area contributed by atoms with Crippen molar-refractivity contribution in [2.24, 2.45) is 5.73 Å². The number of hydrogen-bond donors (Lipinski definition) is 3. The molecular weight excluding hydrogens is 220 g/mol. The largest absolute Gasteiger partial charge is 0.504 e. The predicted molar refractivity (Wildman–Crippen MR) is 64.8 cm³/mol. The number of phenols is 1. The Balaban J connectivity index is 2.48. The smallest absolute Gasteiger partial charge is 0.218 e. The zero-order valence-electron chi connectivity index (χ0n) is 9.90. The fourth-order valence-electron chi connectivity index (χ4n) is 1.38. The number of primary amides is 1. The van der Waals surface area contributed by atoms with E-state index in [0.717, 1.165) is 5.56 Å². The number of phenolic OH excluding ortho intramolecular Hbond substituents is 1. The van der Waals surface area contributed by atoms with Crippen molar-refractivity contribution in [2.45, 2.75) is 19.9 Å². The molecule has 1 rings (SSSR count). The van der Waals surface area contributed by atoms with E-state index in [0.29, 0.717) is 31.9 Å². The number of aromatic hydroxyl groups is 1. The number of ether oxygens (including phenoxy) is 1. The van der Waals surface area contributed by atoms with Gasteiger partial charge in [0, 0.05) is 19.5 Å². The summed E-state index contributed by atoms with van der Waals surface area (Å²) in [6.07, 6.45) is 0.316. The van der Waals surface area contributed by atoms with Crippen molar-refractivity contribution in [3.05, 3.63) is 23.8 Å². The maximum absolute atomic E-state index is 10.5. The molecule has 0 aliphatic heterocycles. The molecule has 0 heterocycles. The van der Waals surface area contributed by atoms with Gasteiger partial charge in [0.15, 0.2) is 11.5 Å². The zero-order chi connectivity index (χ0) is 12.7. The van der Waals surface area contributed by atoms with Gasteiger partial charge < -0.3 is 20.9 Å². The minimum atomic E-state index is -0.321. The summed E-state index contributed by atoms with van der Waals surface area (Å²) in [6.45, 7) is 3.51. The molecular formula is C12H18N2O3. The molecule has 0 bridgehead atoms. The molecule has 4 N–H and O–H groups in total. The van der Waals surface area contributed by atoms with Crippen molar-refractivity contribution >= 4 is 5.91 Å². The summed E-state index contributed by atoms with van der Waals surface area (Å²) in [5.74, 6) is 0.285. The zero-order valence-corrected chi connectivity index (χ0v) is 9.90. The van der Waals surface area contributed by atoms with Crippen LogP contribution in [0.5, 0.6) is 11.5 Å². The fraction of sp³-hybridized carbons (Fsp3) is 0.417. The Morgan fingerprint density at radius 2 is 2.29 bits per heavy atom. The molecule has 0 unspecified atom stereocenters. The van der Waals surface area contributed by atoms with Crippen LogP contribution in [0.25, 0.3) is 0 Å². The summed E-state index contributed by atoms with van der Waals surface area (Å²) < 4.78 is 5.27. The first-order valence-electron chi connectivity index (χ1n) is 5.57. The lowest BCUT2D eigenvalue weighted by Crippen LogP contribution is -2.21. The highest BCUT2D eigenvalue weighted by Crippen LogP contribution is 2.26. The molecule has 5 heteroatoms. The van der Waals surface area contributed by atoms with E-state index < -0.39 is 0 Å². The third-order valence-corrected chi connectivity index (χ3v) is 2.20. The number of carbonyl (C=O) groups is 1. The summed E-state index contributed by atoms with van der Waals surface area (Å²) in [5.41, 5.74) is 6.01. The quantitative estimate of drug-likeness (QED) is 0.612. The summed E-state index contributed by atoms with van der Waals surface area (Å²) >= 11 is 0. The van der Waals surface area contributed by atoms with Crippen LogP contribution in [-0.2, 0) is 11.3 Å². The number of amides is 1. The third-order valence-electron chi connectivity index (χ3n) is 2.20. The van der Waals surface area contributed by atoms with Gasteiger partial charge in [-0.15, -0.1) is 0 Å². The van der Waals surface area contributed by atoms with Gasteiger partial charge in [-0.1, -0.05) is 6.07 Å². The van der Waals surface area contributed by atoms with E-state index in [1.54, 1.807) is 18.2 Å². The van der Waals surface area contributed by atoms with E-state index in [4.69, 9.17) is 10.5 Å². The Morgan fingerprint density at radius 1 is 1.53 bits per heavy atom. The molecule has 94 valence electrons. The molecule has 5 nitrogen and oxygen atoms in total. The highest BCUT2D eigenvalue weighted by Gasteiger charge is 2.03. The van der Waals surface area contributed by atoms with Gasteiger partial charge in [0.05, 0.1) is 6.61 Å². The van der Waals surface area contributed by atoms with Crippen LogP contribution in [0.3, 0.4) is 0 Å². The van der Waals surface area contributed by atoms with Gasteiger partial charge in [-0.2, -0.15) is 0 Å². The van der Waals surface area contributed by atoms with Gasteiger partial charge in [0.1, 0.15) is 0 Å². The maximum atomic E-state index is 10.5. The van der Waals surface area contributed by atoms with Crippen LogP contribution in [0.1, 0.15) is 18.9 Å². The average Bonchev–Trinajstić information content (AvgIpc) is 2.28. The monoisotopic (exact) mass is 238 g/mol. The average molecular weight is 238 g/mol. The Bertz CT molecular complexity index is 380. The highest BCUT2D eigenvalue weighted by molar-refractivity contribution is 5.73. The summed E-state index contributed by atoms with van der Waals surface area (Å²) in [5, 5.41) is 12.6. The van der Waals surface area contributed by atoms with E-state index in [2.05, 4.69) is 5.32 Å². The second-order valence-corrected chi connectivity index (χ2v) is 3.63. The molecule has 0 radical (unpaired) electrons. The number of nitrogens with one attached hydrogen (secondary N) is 1. The molecule has 1 aromatic carbocycles. The molecule has 0 saturated heterocycles. The first kappa shape index (κ1) is 13.3. The van der Waals surface area contributed by atoms with E-state index in [1.165, 1.54) is 0 Å². The Kier molecular flexibility index (Phi) is 5.29. The van der Waals surface area contributed by atoms with Crippen LogP contribution in [0.2, 0.25) is 0 Å². The number of nitrogens with two attached hydrogens (primary N) is 1. The van der Waals surface area contributed by atoms with Crippen LogP contribution in [0.4, 0.5) is 0 Å². The Hall–Kier alpha value is -1.75. The number of carbonyl (C=O) groups excluding carboxylic acids is 1. The van der Waals surface area contributed by atoms with Crippen LogP contribution in [0.15, 0.2) is 18.2 Å². The number of benzene rings is 1. The molecule has 1 aromatic rings. The lowest BCUT2D eigenvalue weighted by Gasteiger charge is -2.09. The van der Waals surface area contributed by atoms with Gasteiger partial charge in [-0.25, -0.2) is 0 Å². The molecule has 0 aliphatic carbocycles. The first-order chi connectivity index (χ1) is 8.13. The van der Waals surface area contributed by atoms with Crippen molar-refractivity contribution in [2.75, 3.05) is 13.2 Å². The predicted octanol–water partition coefficient (Wildman–Crippen LogP) is 0.756. The van der Waals surface area contributed by atoms with Gasteiger partial charge in [-0.3, -0.25) is 4.79 Å². The van der Waals surface area contributed by atoms with Crippen LogP contribution < -0.4 is 15.8 Å². The lowest BCUT2D eigenvalue weighted by molar-refractivity contribution is -0.117. The Morgan fingerprint density at radius 3 is 2.94 bits per heavy atom. The van der Waals surface area contributed by atoms with E-state index in [-0.39, 0.29) is 11.7 Å². The van der Waals surface area contributed by atoms with Gasteiger partial charge in [0.25, 0.3) is 0 Å².